The van der Waals surface area contributed by atoms with Crippen LogP contribution in [0.2, 0.25) is 0 Å². The third-order valence-electron chi connectivity index (χ3n) is 4.55. The van der Waals surface area contributed by atoms with Gasteiger partial charge in [-0.3, -0.25) is 14.8 Å². The number of thiazole rings is 1. The largest absolute Gasteiger partial charge is 0.394 e. The molecule has 0 aromatic carbocycles. The molecule has 0 bridgehead atoms. The number of thioether (sulfide) groups is 1. The number of hydrogen-bond donors (Lipinski definition) is 3. The number of rotatable bonds is 9. The van der Waals surface area contributed by atoms with Crippen molar-refractivity contribution >= 4 is 39.3 Å². The molecule has 7 nitrogen and oxygen atoms in total. The summed E-state index contributed by atoms with van der Waals surface area (Å²) in [6, 6.07) is 3.90. The fourth-order valence-electron chi connectivity index (χ4n) is 3.25. The molecule has 0 fully saturated rings. The molecule has 0 aliphatic heterocycles. The predicted octanol–water partition coefficient (Wildman–Crippen LogP) is 4.01. The summed E-state index contributed by atoms with van der Waals surface area (Å²) in [4.78, 5) is 28.3. The molecule has 0 amide bonds. The Kier molecular flexibility index (Phi) is 7.26. The Balaban J connectivity index is 1.93. The number of nitrogens with zero attached hydrogens (tertiary/aromatic N) is 3. The molecule has 3 aromatic heterocycles. The van der Waals surface area contributed by atoms with Gasteiger partial charge in [0.25, 0.3) is 0 Å². The highest BCUT2D eigenvalue weighted by Gasteiger charge is 2.19. The number of hydrogen-bond acceptors (Lipinski definition) is 8. The molecule has 3 heterocycles. The third kappa shape index (κ3) is 5.34. The molecule has 29 heavy (non-hydrogen) atoms. The van der Waals surface area contributed by atoms with E-state index in [1.807, 2.05) is 6.07 Å². The highest BCUT2D eigenvalue weighted by atomic mass is 32.2. The number of H-pyrrole nitrogens is 1. The number of aromatic nitrogens is 4. The molecule has 0 saturated heterocycles. The molecule has 0 saturated carbocycles. The molecule has 2 unspecified atom stereocenters. The number of nitrogens with one attached hydrogen (secondary N) is 2. The lowest BCUT2D eigenvalue weighted by Gasteiger charge is -2.19. The fourth-order valence-corrected chi connectivity index (χ4v) is 4.90. The number of aromatic amines is 1. The quantitative estimate of drug-likeness (QED) is 0.346. The van der Waals surface area contributed by atoms with Crippen LogP contribution in [-0.4, -0.2) is 37.7 Å². The van der Waals surface area contributed by atoms with Crippen molar-refractivity contribution in [3.63, 3.8) is 0 Å². The maximum Gasteiger partial charge on any atom is 0.306 e. The van der Waals surface area contributed by atoms with E-state index in [4.69, 9.17) is 0 Å². The summed E-state index contributed by atoms with van der Waals surface area (Å²) in [6.07, 6.45) is 3.51. The average Bonchev–Trinajstić information content (AvgIpc) is 3.07. The standard InChI is InChI=1S/C20H27N5O2S2/c1-5-13-7-6-8-21-15(13)12(4)28-19-23-17(22-14(10-26)9-11(2)3)16-18(24-19)25-20(27)29-16/h6-8,11-12,14,26H,5,9-10H2,1-4H3,(H2,22,23,24,25,27). The molecule has 3 N–H and O–H groups in total. The fraction of sp³-hybridized carbons (Fsp3) is 0.500. The zero-order valence-electron chi connectivity index (χ0n) is 17.1. The van der Waals surface area contributed by atoms with Gasteiger partial charge in [0, 0.05) is 6.20 Å². The van der Waals surface area contributed by atoms with Crippen LogP contribution < -0.4 is 10.2 Å². The molecule has 3 aromatic rings. The molecular formula is C20H27N5O2S2. The van der Waals surface area contributed by atoms with Crippen molar-refractivity contribution in [1.82, 2.24) is 19.9 Å². The van der Waals surface area contributed by atoms with E-state index < -0.39 is 0 Å². The minimum Gasteiger partial charge on any atom is -0.394 e. The van der Waals surface area contributed by atoms with E-state index in [9.17, 15) is 9.90 Å². The first kappa shape index (κ1) is 21.7. The van der Waals surface area contributed by atoms with Crippen molar-refractivity contribution in [2.45, 2.75) is 57.0 Å². The van der Waals surface area contributed by atoms with Crippen LogP contribution >= 0.6 is 23.1 Å². The van der Waals surface area contributed by atoms with Crippen molar-refractivity contribution in [1.29, 1.82) is 0 Å². The van der Waals surface area contributed by atoms with E-state index in [-0.39, 0.29) is 22.8 Å². The number of pyridine rings is 1. The second-order valence-corrected chi connectivity index (χ2v) is 9.65. The Morgan fingerprint density at radius 3 is 2.79 bits per heavy atom. The van der Waals surface area contributed by atoms with E-state index in [0.29, 0.717) is 27.2 Å². The van der Waals surface area contributed by atoms with Gasteiger partial charge in [-0.15, -0.1) is 0 Å². The Labute approximate surface area is 178 Å². The molecular weight excluding hydrogens is 406 g/mol. The van der Waals surface area contributed by atoms with E-state index in [0.717, 1.165) is 29.9 Å². The Morgan fingerprint density at radius 2 is 2.10 bits per heavy atom. The lowest BCUT2D eigenvalue weighted by molar-refractivity contribution is 0.259. The molecule has 0 aliphatic rings. The summed E-state index contributed by atoms with van der Waals surface area (Å²) in [5.41, 5.74) is 2.74. The van der Waals surface area contributed by atoms with Crippen LogP contribution in [-0.2, 0) is 6.42 Å². The van der Waals surface area contributed by atoms with Gasteiger partial charge in [-0.2, -0.15) is 0 Å². The molecule has 0 radical (unpaired) electrons. The van der Waals surface area contributed by atoms with Crippen LogP contribution in [0.5, 0.6) is 0 Å². The number of aryl methyl sites for hydroxylation is 1. The number of aliphatic hydroxyl groups excluding tert-OH is 1. The lowest BCUT2D eigenvalue weighted by atomic mass is 10.0. The molecule has 2 atom stereocenters. The van der Waals surface area contributed by atoms with Gasteiger partial charge in [-0.25, -0.2) is 9.97 Å². The Morgan fingerprint density at radius 1 is 1.31 bits per heavy atom. The van der Waals surface area contributed by atoms with Crippen LogP contribution in [0.1, 0.15) is 50.6 Å². The van der Waals surface area contributed by atoms with Crippen LogP contribution in [0.15, 0.2) is 28.3 Å². The summed E-state index contributed by atoms with van der Waals surface area (Å²) in [6.45, 7) is 8.40. The van der Waals surface area contributed by atoms with E-state index in [1.54, 1.807) is 6.20 Å². The molecule has 3 rings (SSSR count). The average molecular weight is 434 g/mol. The second-order valence-electron chi connectivity index (χ2n) is 7.36. The Hall–Kier alpha value is -1.97. The molecule has 9 heteroatoms. The van der Waals surface area contributed by atoms with Crippen molar-refractivity contribution in [3.8, 4) is 0 Å². The summed E-state index contributed by atoms with van der Waals surface area (Å²) < 4.78 is 0.682. The Bertz CT molecular complexity index is 1020. The smallest absolute Gasteiger partial charge is 0.306 e. The SMILES string of the molecule is CCc1cccnc1C(C)Sc1nc(NC(CO)CC(C)C)c2sc(=O)[nH]c2n1. The maximum absolute atomic E-state index is 11.9. The minimum atomic E-state index is -0.171. The van der Waals surface area contributed by atoms with E-state index in [2.05, 4.69) is 59.0 Å². The van der Waals surface area contributed by atoms with Gasteiger partial charge >= 0.3 is 4.87 Å². The van der Waals surface area contributed by atoms with Gasteiger partial charge in [0.1, 0.15) is 4.70 Å². The zero-order chi connectivity index (χ0) is 21.0. The van der Waals surface area contributed by atoms with Gasteiger partial charge in [-0.1, -0.05) is 49.9 Å². The number of fused-ring (bicyclic) bond motifs is 1. The van der Waals surface area contributed by atoms with Crippen molar-refractivity contribution in [2.75, 3.05) is 11.9 Å². The van der Waals surface area contributed by atoms with Crippen LogP contribution in [0.3, 0.4) is 0 Å². The number of anilines is 1. The van der Waals surface area contributed by atoms with Crippen LogP contribution in [0.25, 0.3) is 10.3 Å². The number of aliphatic hydroxyl groups is 1. The normalized spacial score (nSPS) is 13.7. The van der Waals surface area contributed by atoms with Crippen molar-refractivity contribution in [3.05, 3.63) is 39.3 Å². The molecule has 156 valence electrons. The van der Waals surface area contributed by atoms with Gasteiger partial charge in [-0.05, 0) is 37.3 Å². The van der Waals surface area contributed by atoms with E-state index >= 15 is 0 Å². The second kappa shape index (κ2) is 9.69. The topological polar surface area (TPSA) is 104 Å². The van der Waals surface area contributed by atoms with Crippen molar-refractivity contribution in [2.24, 2.45) is 5.92 Å². The van der Waals surface area contributed by atoms with Crippen molar-refractivity contribution < 1.29 is 5.11 Å². The van der Waals surface area contributed by atoms with E-state index in [1.165, 1.54) is 17.3 Å². The van der Waals surface area contributed by atoms with Gasteiger partial charge in [0.05, 0.1) is 23.6 Å². The predicted molar refractivity (Wildman–Crippen MR) is 120 cm³/mol. The zero-order valence-corrected chi connectivity index (χ0v) is 18.7. The maximum atomic E-state index is 11.9. The molecule has 0 aliphatic carbocycles. The van der Waals surface area contributed by atoms with Crippen LogP contribution in [0, 0.1) is 5.92 Å². The highest BCUT2D eigenvalue weighted by molar-refractivity contribution is 7.99. The van der Waals surface area contributed by atoms with Crippen LogP contribution in [0.4, 0.5) is 5.82 Å². The van der Waals surface area contributed by atoms with Gasteiger partial charge in [0.15, 0.2) is 16.6 Å². The first-order valence-electron chi connectivity index (χ1n) is 9.79. The summed E-state index contributed by atoms with van der Waals surface area (Å²) in [5, 5.41) is 13.7. The summed E-state index contributed by atoms with van der Waals surface area (Å²) >= 11 is 2.59. The van der Waals surface area contributed by atoms with Gasteiger partial charge in [0.2, 0.25) is 0 Å². The monoisotopic (exact) mass is 433 g/mol. The summed E-state index contributed by atoms with van der Waals surface area (Å²) in [5.74, 6) is 1.01. The van der Waals surface area contributed by atoms with Gasteiger partial charge < -0.3 is 10.4 Å². The highest BCUT2D eigenvalue weighted by Crippen LogP contribution is 2.35. The lowest BCUT2D eigenvalue weighted by Crippen LogP contribution is -2.26. The molecule has 0 spiro atoms. The first-order valence-corrected chi connectivity index (χ1v) is 11.5. The third-order valence-corrected chi connectivity index (χ3v) is 6.40. The summed E-state index contributed by atoms with van der Waals surface area (Å²) in [7, 11) is 0. The minimum absolute atomic E-state index is 0.00429. The first-order chi connectivity index (χ1) is 13.9.